The number of hydrogen-bond acceptors (Lipinski definition) is 3. The zero-order chi connectivity index (χ0) is 21.4. The molecule has 0 bridgehead atoms. The van der Waals surface area contributed by atoms with Crippen molar-refractivity contribution < 1.29 is 8.42 Å². The molecule has 1 heterocycles. The minimum Gasteiger partial charge on any atom is -0.357 e. The molecule has 3 rings (SSSR count). The zero-order valence-electron chi connectivity index (χ0n) is 18.3. The van der Waals surface area contributed by atoms with E-state index in [1.807, 2.05) is 18.2 Å². The van der Waals surface area contributed by atoms with E-state index in [0.29, 0.717) is 11.4 Å². The summed E-state index contributed by atoms with van der Waals surface area (Å²) >= 11 is 0. The number of sulfone groups is 1. The molecule has 1 aliphatic heterocycles. The highest BCUT2D eigenvalue weighted by atomic mass is 127. The molecule has 0 aromatic heterocycles. The standard InChI is InChI=1S/C24H31N3O2S.HI/c1-3-25-24(26-16-13-20-9-11-23(12-10-20)30(2,28)29)27-17-14-22(15-18-27)19-21-7-5-4-6-8-21;/h4-12,19H,3,13-18H2,1-2H3,(H,25,26);1H. The van der Waals surface area contributed by atoms with Crippen LogP contribution in [-0.4, -0.2) is 51.7 Å². The number of halogens is 1. The first-order valence-electron chi connectivity index (χ1n) is 10.5. The lowest BCUT2D eigenvalue weighted by atomic mass is 10.0. The third kappa shape index (κ3) is 7.96. The van der Waals surface area contributed by atoms with Gasteiger partial charge in [0.05, 0.1) is 4.90 Å². The Hall–Kier alpha value is -1.87. The number of nitrogens with zero attached hydrogens (tertiary/aromatic N) is 2. The van der Waals surface area contributed by atoms with Gasteiger partial charge in [0.15, 0.2) is 15.8 Å². The van der Waals surface area contributed by atoms with Gasteiger partial charge in [0, 0.05) is 32.4 Å². The van der Waals surface area contributed by atoms with Gasteiger partial charge in [0.25, 0.3) is 0 Å². The summed E-state index contributed by atoms with van der Waals surface area (Å²) < 4.78 is 23.2. The largest absolute Gasteiger partial charge is 0.357 e. The predicted octanol–water partition coefficient (Wildman–Crippen LogP) is 4.40. The molecule has 0 saturated carbocycles. The zero-order valence-corrected chi connectivity index (χ0v) is 21.4. The average molecular weight is 554 g/mol. The average Bonchev–Trinajstić information content (AvgIpc) is 2.74. The lowest BCUT2D eigenvalue weighted by Gasteiger charge is -2.31. The molecule has 0 unspecified atom stereocenters. The van der Waals surface area contributed by atoms with Crippen molar-refractivity contribution >= 4 is 45.8 Å². The van der Waals surface area contributed by atoms with Gasteiger partial charge in [-0.3, -0.25) is 4.99 Å². The molecule has 0 aliphatic carbocycles. The second-order valence-corrected chi connectivity index (χ2v) is 9.62. The molecule has 2 aromatic carbocycles. The molecule has 1 N–H and O–H groups in total. The summed E-state index contributed by atoms with van der Waals surface area (Å²) in [6.07, 6.45) is 6.42. The van der Waals surface area contributed by atoms with E-state index >= 15 is 0 Å². The lowest BCUT2D eigenvalue weighted by molar-refractivity contribution is 0.375. The van der Waals surface area contributed by atoms with Crippen molar-refractivity contribution in [2.45, 2.75) is 31.1 Å². The number of guanidine groups is 1. The fourth-order valence-electron chi connectivity index (χ4n) is 3.56. The van der Waals surface area contributed by atoms with Crippen LogP contribution in [0.4, 0.5) is 0 Å². The summed E-state index contributed by atoms with van der Waals surface area (Å²) in [6.45, 7) is 5.53. The molecule has 168 valence electrons. The molecular formula is C24H32IN3O2S. The fraction of sp³-hybridized carbons (Fsp3) is 0.375. The van der Waals surface area contributed by atoms with Crippen molar-refractivity contribution in [1.29, 1.82) is 0 Å². The SMILES string of the molecule is CCNC(=NCCc1ccc(S(C)(=O)=O)cc1)N1CCC(=Cc2ccccc2)CC1.I. The van der Waals surface area contributed by atoms with E-state index in [-0.39, 0.29) is 24.0 Å². The number of rotatable bonds is 6. The summed E-state index contributed by atoms with van der Waals surface area (Å²) in [5.41, 5.74) is 3.84. The van der Waals surface area contributed by atoms with Crippen LogP contribution in [0.25, 0.3) is 6.08 Å². The third-order valence-corrected chi connectivity index (χ3v) is 6.35. The van der Waals surface area contributed by atoms with Crippen LogP contribution >= 0.6 is 24.0 Å². The molecule has 1 saturated heterocycles. The van der Waals surface area contributed by atoms with Crippen LogP contribution in [0.5, 0.6) is 0 Å². The Morgan fingerprint density at radius 2 is 1.71 bits per heavy atom. The van der Waals surface area contributed by atoms with Crippen molar-refractivity contribution in [1.82, 2.24) is 10.2 Å². The first kappa shape index (κ1) is 25.4. The number of aliphatic imine (C=N–C) groups is 1. The van der Waals surface area contributed by atoms with E-state index in [1.165, 1.54) is 17.4 Å². The van der Waals surface area contributed by atoms with Crippen molar-refractivity contribution in [3.63, 3.8) is 0 Å². The minimum atomic E-state index is -3.15. The first-order valence-corrected chi connectivity index (χ1v) is 12.4. The maximum atomic E-state index is 11.6. The fourth-order valence-corrected chi connectivity index (χ4v) is 4.19. The van der Waals surface area contributed by atoms with Crippen LogP contribution < -0.4 is 5.32 Å². The lowest BCUT2D eigenvalue weighted by Crippen LogP contribution is -2.44. The maximum absolute atomic E-state index is 11.6. The number of nitrogens with one attached hydrogen (secondary N) is 1. The highest BCUT2D eigenvalue weighted by Gasteiger charge is 2.17. The predicted molar refractivity (Wildman–Crippen MR) is 140 cm³/mol. The molecule has 7 heteroatoms. The summed E-state index contributed by atoms with van der Waals surface area (Å²) in [5, 5.41) is 3.41. The number of likely N-dealkylation sites (tertiary alicyclic amines) is 1. The molecule has 0 atom stereocenters. The Balaban J connectivity index is 0.00000341. The van der Waals surface area contributed by atoms with Gasteiger partial charge in [-0.25, -0.2) is 8.42 Å². The Morgan fingerprint density at radius 1 is 1.06 bits per heavy atom. The quantitative estimate of drug-likeness (QED) is 0.328. The molecule has 5 nitrogen and oxygen atoms in total. The molecule has 31 heavy (non-hydrogen) atoms. The Kier molecular flexibility index (Phi) is 10.0. The summed E-state index contributed by atoms with van der Waals surface area (Å²) in [6, 6.07) is 17.6. The highest BCUT2D eigenvalue weighted by Crippen LogP contribution is 2.19. The van der Waals surface area contributed by atoms with Crippen LogP contribution in [0.15, 0.2) is 70.1 Å². The number of hydrogen-bond donors (Lipinski definition) is 1. The number of piperidine rings is 1. The normalized spacial score (nSPS) is 14.7. The van der Waals surface area contributed by atoms with E-state index < -0.39 is 9.84 Å². The molecule has 0 spiro atoms. The van der Waals surface area contributed by atoms with Crippen LogP contribution in [0, 0.1) is 0 Å². The van der Waals surface area contributed by atoms with Crippen molar-refractivity contribution in [2.75, 3.05) is 32.4 Å². The van der Waals surface area contributed by atoms with Crippen molar-refractivity contribution in [3.05, 3.63) is 71.3 Å². The topological polar surface area (TPSA) is 61.8 Å². The van der Waals surface area contributed by atoms with Crippen LogP contribution in [0.1, 0.15) is 30.9 Å². The molecule has 0 amide bonds. The van der Waals surface area contributed by atoms with Gasteiger partial charge in [0.1, 0.15) is 0 Å². The molecule has 1 fully saturated rings. The van der Waals surface area contributed by atoms with Crippen molar-refractivity contribution in [2.24, 2.45) is 4.99 Å². The van der Waals surface area contributed by atoms with E-state index in [1.54, 1.807) is 12.1 Å². The van der Waals surface area contributed by atoms with Gasteiger partial charge in [-0.2, -0.15) is 0 Å². The minimum absolute atomic E-state index is 0. The van der Waals surface area contributed by atoms with Crippen LogP contribution in [0.3, 0.4) is 0 Å². The van der Waals surface area contributed by atoms with Crippen molar-refractivity contribution in [3.8, 4) is 0 Å². The second kappa shape index (κ2) is 12.2. The van der Waals surface area contributed by atoms with Gasteiger partial charge in [-0.15, -0.1) is 24.0 Å². The van der Waals surface area contributed by atoms with E-state index in [2.05, 4.69) is 47.5 Å². The maximum Gasteiger partial charge on any atom is 0.193 e. The van der Waals surface area contributed by atoms with Gasteiger partial charge in [-0.1, -0.05) is 54.1 Å². The monoisotopic (exact) mass is 553 g/mol. The summed E-state index contributed by atoms with van der Waals surface area (Å²) in [5.74, 6) is 0.962. The first-order chi connectivity index (χ1) is 14.5. The second-order valence-electron chi connectivity index (χ2n) is 7.60. The van der Waals surface area contributed by atoms with Gasteiger partial charge < -0.3 is 10.2 Å². The Bertz CT molecular complexity index is 977. The summed E-state index contributed by atoms with van der Waals surface area (Å²) in [4.78, 5) is 7.50. The smallest absolute Gasteiger partial charge is 0.193 e. The molecule has 1 aliphatic rings. The van der Waals surface area contributed by atoms with Crippen LogP contribution in [-0.2, 0) is 16.3 Å². The van der Waals surface area contributed by atoms with Gasteiger partial charge in [0.2, 0.25) is 0 Å². The number of benzene rings is 2. The Morgan fingerprint density at radius 3 is 2.29 bits per heavy atom. The molecule has 0 radical (unpaired) electrons. The van der Waals surface area contributed by atoms with Gasteiger partial charge >= 0.3 is 0 Å². The Labute approximate surface area is 203 Å². The molecule has 2 aromatic rings. The highest BCUT2D eigenvalue weighted by molar-refractivity contribution is 14.0. The van der Waals surface area contributed by atoms with Crippen LogP contribution in [0.2, 0.25) is 0 Å². The van der Waals surface area contributed by atoms with Gasteiger partial charge in [-0.05, 0) is 49.4 Å². The third-order valence-electron chi connectivity index (χ3n) is 5.22. The molecular weight excluding hydrogens is 521 g/mol. The van der Waals surface area contributed by atoms with E-state index in [0.717, 1.165) is 50.4 Å². The summed E-state index contributed by atoms with van der Waals surface area (Å²) in [7, 11) is -3.15. The van der Waals surface area contributed by atoms with E-state index in [4.69, 9.17) is 4.99 Å². The van der Waals surface area contributed by atoms with E-state index in [9.17, 15) is 8.42 Å².